The predicted molar refractivity (Wildman–Crippen MR) is 149 cm³/mol. The second-order valence-electron chi connectivity index (χ2n) is 8.04. The minimum absolute atomic E-state index is 0.0692. The van der Waals surface area contributed by atoms with E-state index in [2.05, 4.69) is 40.4 Å². The first-order valence-electron chi connectivity index (χ1n) is 11.1. The molecule has 0 fully saturated rings. The number of halogens is 1. The Kier molecular flexibility index (Phi) is 9.42. The number of thiocarbonyl (C=S) groups is 1. The number of hydrogen-bond acceptors (Lipinski definition) is 6. The zero-order valence-corrected chi connectivity index (χ0v) is 23.2. The number of ether oxygens (including phenoxy) is 2. The van der Waals surface area contributed by atoms with Gasteiger partial charge in [0.1, 0.15) is 16.3 Å². The van der Waals surface area contributed by atoms with Gasteiger partial charge in [0.15, 0.2) is 11.7 Å². The standard InChI is InChI=1S/C26H27BrN2O4S2/c1-5-32-25(31)23-21(17-6-8-18(27)9-7-17)14-35-24(23)29-26(34)28-22(30)13-33-19-10-11-20(15(2)3)16(4)12-19/h6-12,14-15H,5,13H2,1-4H3,(H2,28,29,30,34). The first-order valence-corrected chi connectivity index (χ1v) is 13.2. The highest BCUT2D eigenvalue weighted by atomic mass is 79.9. The molecule has 0 aliphatic heterocycles. The summed E-state index contributed by atoms with van der Waals surface area (Å²) >= 11 is 10.0. The summed E-state index contributed by atoms with van der Waals surface area (Å²) in [5, 5.41) is 7.98. The van der Waals surface area contributed by atoms with Crippen molar-refractivity contribution in [1.82, 2.24) is 5.32 Å². The lowest BCUT2D eigenvalue weighted by Gasteiger charge is -2.13. The van der Waals surface area contributed by atoms with E-state index in [1.54, 1.807) is 6.92 Å². The molecular formula is C26H27BrN2O4S2. The molecule has 0 spiro atoms. The van der Waals surface area contributed by atoms with Gasteiger partial charge in [0.2, 0.25) is 0 Å². The molecule has 9 heteroatoms. The fraction of sp³-hybridized carbons (Fsp3) is 0.269. The van der Waals surface area contributed by atoms with Crippen LogP contribution in [-0.2, 0) is 9.53 Å². The van der Waals surface area contributed by atoms with Crippen molar-refractivity contribution in [3.8, 4) is 16.9 Å². The van der Waals surface area contributed by atoms with E-state index < -0.39 is 11.9 Å². The van der Waals surface area contributed by atoms with Crippen LogP contribution in [0.2, 0.25) is 0 Å². The van der Waals surface area contributed by atoms with Crippen LogP contribution in [0.1, 0.15) is 48.2 Å². The second kappa shape index (κ2) is 12.3. The van der Waals surface area contributed by atoms with Crippen LogP contribution >= 0.6 is 39.5 Å². The van der Waals surface area contributed by atoms with E-state index in [-0.39, 0.29) is 18.3 Å². The minimum Gasteiger partial charge on any atom is -0.484 e. The number of hydrogen-bond donors (Lipinski definition) is 2. The first kappa shape index (κ1) is 26.8. The SMILES string of the molecule is CCOC(=O)c1c(-c2ccc(Br)cc2)csc1NC(=S)NC(=O)COc1ccc(C(C)C)c(C)c1. The molecule has 0 aliphatic carbocycles. The molecule has 1 heterocycles. The van der Waals surface area contributed by atoms with Gasteiger partial charge in [-0.3, -0.25) is 10.1 Å². The average Bonchev–Trinajstić information content (AvgIpc) is 3.21. The number of rotatable bonds is 8. The normalized spacial score (nSPS) is 10.7. The fourth-order valence-electron chi connectivity index (χ4n) is 3.53. The molecule has 2 aromatic carbocycles. The van der Waals surface area contributed by atoms with Gasteiger partial charge in [0, 0.05) is 15.4 Å². The van der Waals surface area contributed by atoms with Crippen LogP contribution < -0.4 is 15.4 Å². The van der Waals surface area contributed by atoms with Crippen LogP contribution in [0.5, 0.6) is 5.75 Å². The molecule has 0 saturated heterocycles. The van der Waals surface area contributed by atoms with Crippen LogP contribution in [0.25, 0.3) is 11.1 Å². The third-order valence-corrected chi connectivity index (χ3v) is 6.77. The van der Waals surface area contributed by atoms with E-state index in [1.165, 1.54) is 16.9 Å². The van der Waals surface area contributed by atoms with Crippen molar-refractivity contribution in [1.29, 1.82) is 0 Å². The van der Waals surface area contributed by atoms with Crippen molar-refractivity contribution >= 4 is 61.5 Å². The number of amides is 1. The number of anilines is 1. The summed E-state index contributed by atoms with van der Waals surface area (Å²) < 4.78 is 11.8. The van der Waals surface area contributed by atoms with E-state index in [9.17, 15) is 9.59 Å². The molecule has 0 atom stereocenters. The molecule has 6 nitrogen and oxygen atoms in total. The van der Waals surface area contributed by atoms with Crippen LogP contribution in [-0.4, -0.2) is 30.2 Å². The molecule has 3 rings (SSSR count). The maximum absolute atomic E-state index is 12.7. The number of thiophene rings is 1. The monoisotopic (exact) mass is 574 g/mol. The number of carbonyl (C=O) groups excluding carboxylic acids is 2. The Balaban J connectivity index is 1.67. The molecule has 2 N–H and O–H groups in total. The molecule has 1 aromatic heterocycles. The highest BCUT2D eigenvalue weighted by Gasteiger charge is 2.22. The summed E-state index contributed by atoms with van der Waals surface area (Å²) in [6.45, 7) is 8.08. The van der Waals surface area contributed by atoms with E-state index >= 15 is 0 Å². The smallest absolute Gasteiger partial charge is 0.341 e. The van der Waals surface area contributed by atoms with E-state index in [4.69, 9.17) is 21.7 Å². The van der Waals surface area contributed by atoms with Crippen molar-refractivity contribution in [3.05, 3.63) is 69.0 Å². The Morgan fingerprint density at radius 1 is 1.14 bits per heavy atom. The maximum atomic E-state index is 12.7. The van der Waals surface area contributed by atoms with Gasteiger partial charge in [-0.2, -0.15) is 0 Å². The van der Waals surface area contributed by atoms with Crippen molar-refractivity contribution in [2.24, 2.45) is 0 Å². The fourth-order valence-corrected chi connectivity index (χ4v) is 5.04. The van der Waals surface area contributed by atoms with Gasteiger partial charge in [0.05, 0.1) is 6.61 Å². The molecule has 0 bridgehead atoms. The number of benzene rings is 2. The molecule has 1 amide bonds. The molecule has 0 saturated carbocycles. The summed E-state index contributed by atoms with van der Waals surface area (Å²) in [7, 11) is 0. The minimum atomic E-state index is -0.466. The summed E-state index contributed by atoms with van der Waals surface area (Å²) in [6.07, 6.45) is 0. The van der Waals surface area contributed by atoms with E-state index in [0.29, 0.717) is 22.2 Å². The van der Waals surface area contributed by atoms with Crippen LogP contribution in [0, 0.1) is 6.92 Å². The Labute approximate surface area is 223 Å². The Morgan fingerprint density at radius 2 is 1.86 bits per heavy atom. The van der Waals surface area contributed by atoms with Crippen LogP contribution in [0.3, 0.4) is 0 Å². The lowest BCUT2D eigenvalue weighted by atomic mass is 9.98. The van der Waals surface area contributed by atoms with Crippen molar-refractivity contribution < 1.29 is 19.1 Å². The maximum Gasteiger partial charge on any atom is 0.341 e. The number of esters is 1. The third kappa shape index (κ3) is 7.13. The average molecular weight is 576 g/mol. The Morgan fingerprint density at radius 3 is 2.49 bits per heavy atom. The van der Waals surface area contributed by atoms with Crippen LogP contribution in [0.15, 0.2) is 52.3 Å². The lowest BCUT2D eigenvalue weighted by Crippen LogP contribution is -2.37. The molecule has 35 heavy (non-hydrogen) atoms. The highest BCUT2D eigenvalue weighted by molar-refractivity contribution is 9.10. The molecule has 0 radical (unpaired) electrons. The first-order chi connectivity index (χ1) is 16.7. The lowest BCUT2D eigenvalue weighted by molar-refractivity contribution is -0.121. The zero-order valence-electron chi connectivity index (χ0n) is 19.9. The summed E-state index contributed by atoms with van der Waals surface area (Å²) in [5.41, 5.74) is 4.31. The molecule has 0 unspecified atom stereocenters. The van der Waals surface area contributed by atoms with Gasteiger partial charge in [-0.1, -0.05) is 48.0 Å². The summed E-state index contributed by atoms with van der Waals surface area (Å²) in [6, 6.07) is 13.4. The van der Waals surface area contributed by atoms with Crippen molar-refractivity contribution in [3.63, 3.8) is 0 Å². The van der Waals surface area contributed by atoms with E-state index in [0.717, 1.165) is 21.2 Å². The Hall–Kier alpha value is -2.75. The topological polar surface area (TPSA) is 76.7 Å². The summed E-state index contributed by atoms with van der Waals surface area (Å²) in [5.74, 6) is 0.155. The highest BCUT2D eigenvalue weighted by Crippen LogP contribution is 2.36. The van der Waals surface area contributed by atoms with Crippen molar-refractivity contribution in [2.45, 2.75) is 33.6 Å². The van der Waals surface area contributed by atoms with Crippen LogP contribution in [0.4, 0.5) is 5.00 Å². The van der Waals surface area contributed by atoms with Gasteiger partial charge >= 0.3 is 5.97 Å². The zero-order chi connectivity index (χ0) is 25.5. The second-order valence-corrected chi connectivity index (χ2v) is 10.2. The van der Waals surface area contributed by atoms with Gasteiger partial charge < -0.3 is 14.8 Å². The molecule has 184 valence electrons. The Bertz CT molecular complexity index is 1220. The van der Waals surface area contributed by atoms with Crippen molar-refractivity contribution in [2.75, 3.05) is 18.5 Å². The summed E-state index contributed by atoms with van der Waals surface area (Å²) in [4.78, 5) is 25.1. The van der Waals surface area contributed by atoms with Gasteiger partial charge in [-0.25, -0.2) is 4.79 Å². The molecule has 0 aliphatic rings. The number of nitrogens with one attached hydrogen (secondary N) is 2. The van der Waals surface area contributed by atoms with Gasteiger partial charge in [-0.05, 0) is 72.9 Å². The van der Waals surface area contributed by atoms with Gasteiger partial charge in [-0.15, -0.1) is 11.3 Å². The predicted octanol–water partition coefficient (Wildman–Crippen LogP) is 6.68. The van der Waals surface area contributed by atoms with E-state index in [1.807, 2.05) is 54.8 Å². The number of aryl methyl sites for hydroxylation is 1. The number of carbonyl (C=O) groups is 2. The largest absolute Gasteiger partial charge is 0.484 e. The third-order valence-electron chi connectivity index (χ3n) is 5.14. The van der Waals surface area contributed by atoms with Gasteiger partial charge in [0.25, 0.3) is 5.91 Å². The quantitative estimate of drug-likeness (QED) is 0.231. The molecular weight excluding hydrogens is 548 g/mol. The molecule has 3 aromatic rings.